The quantitative estimate of drug-likeness (QED) is 0.551. The van der Waals surface area contributed by atoms with Crippen molar-refractivity contribution < 1.29 is 28.5 Å². The Morgan fingerprint density at radius 1 is 0.842 bits per heavy atom. The highest BCUT2D eigenvalue weighted by molar-refractivity contribution is 5.84. The Morgan fingerprint density at radius 3 is 1.47 bits per heavy atom. The minimum atomic E-state index is -0.891. The van der Waals surface area contributed by atoms with E-state index >= 15 is 0 Å². The maximum atomic E-state index is 12.0. The van der Waals surface area contributed by atoms with E-state index in [1.807, 2.05) is 0 Å². The normalized spacial score (nSPS) is 35.2. The van der Waals surface area contributed by atoms with E-state index in [4.69, 9.17) is 18.9 Å². The van der Waals surface area contributed by atoms with Gasteiger partial charge in [0.15, 0.2) is 5.79 Å². The molecule has 0 aliphatic heterocycles. The summed E-state index contributed by atoms with van der Waals surface area (Å²) in [5.74, 6) is -3.17. The molecule has 2 rings (SSSR count). The van der Waals surface area contributed by atoms with Crippen LogP contribution < -0.4 is 0 Å². The minimum Gasteiger partial charge on any atom is -0.469 e. The van der Waals surface area contributed by atoms with Gasteiger partial charge >= 0.3 is 11.9 Å². The number of hydrogen-bond acceptors (Lipinski definition) is 6. The van der Waals surface area contributed by atoms with Gasteiger partial charge in [-0.2, -0.15) is 0 Å². The van der Waals surface area contributed by atoms with Gasteiger partial charge in [0.05, 0.1) is 26.1 Å². The Labute approximate surface area is 112 Å². The highest BCUT2D eigenvalue weighted by Crippen LogP contribution is 2.60. The largest absolute Gasteiger partial charge is 0.469 e. The molecule has 2 saturated carbocycles. The van der Waals surface area contributed by atoms with Crippen molar-refractivity contribution in [3.05, 3.63) is 0 Å². The lowest BCUT2D eigenvalue weighted by Gasteiger charge is -2.31. The summed E-state index contributed by atoms with van der Waals surface area (Å²) in [6.45, 7) is 0. The van der Waals surface area contributed by atoms with Gasteiger partial charge in [0.2, 0.25) is 0 Å². The van der Waals surface area contributed by atoms with Crippen LogP contribution in [-0.2, 0) is 28.5 Å². The Kier molecular flexibility index (Phi) is 3.82. The molecule has 0 heterocycles. The molecule has 0 aromatic carbocycles. The molecule has 108 valence electrons. The smallest absolute Gasteiger partial charge is 0.310 e. The Bertz CT molecular complexity index is 343. The van der Waals surface area contributed by atoms with Crippen molar-refractivity contribution in [3.8, 4) is 0 Å². The predicted molar refractivity (Wildman–Crippen MR) is 64.0 cm³/mol. The molecule has 2 aliphatic carbocycles. The molecular weight excluding hydrogens is 252 g/mol. The predicted octanol–water partition coefficient (Wildman–Crippen LogP) is 0.594. The van der Waals surface area contributed by atoms with Crippen LogP contribution in [0.5, 0.6) is 0 Å². The van der Waals surface area contributed by atoms with Crippen molar-refractivity contribution in [1.82, 2.24) is 0 Å². The van der Waals surface area contributed by atoms with E-state index < -0.39 is 29.6 Å². The zero-order chi connectivity index (χ0) is 14.2. The molecule has 19 heavy (non-hydrogen) atoms. The fourth-order valence-corrected chi connectivity index (χ4v) is 3.98. The van der Waals surface area contributed by atoms with Gasteiger partial charge < -0.3 is 18.9 Å². The van der Waals surface area contributed by atoms with Gasteiger partial charge in [0.25, 0.3) is 0 Å². The van der Waals surface area contributed by atoms with Gasteiger partial charge in [-0.05, 0) is 12.8 Å². The van der Waals surface area contributed by atoms with E-state index in [9.17, 15) is 9.59 Å². The highest BCUT2D eigenvalue weighted by atomic mass is 16.7. The van der Waals surface area contributed by atoms with Crippen LogP contribution in [0, 0.1) is 23.7 Å². The molecule has 0 radical (unpaired) electrons. The third kappa shape index (κ3) is 1.77. The highest BCUT2D eigenvalue weighted by Gasteiger charge is 2.69. The number of hydrogen-bond donors (Lipinski definition) is 0. The second kappa shape index (κ2) is 5.09. The van der Waals surface area contributed by atoms with E-state index in [0.29, 0.717) is 0 Å². The first kappa shape index (κ1) is 14.3. The van der Waals surface area contributed by atoms with Crippen LogP contribution in [0.1, 0.15) is 12.8 Å². The van der Waals surface area contributed by atoms with E-state index in [2.05, 4.69) is 0 Å². The van der Waals surface area contributed by atoms with Crippen molar-refractivity contribution in [1.29, 1.82) is 0 Å². The molecule has 0 spiro atoms. The lowest BCUT2D eigenvalue weighted by molar-refractivity contribution is -0.240. The zero-order valence-corrected chi connectivity index (χ0v) is 11.7. The van der Waals surface area contributed by atoms with Crippen LogP contribution in [0.3, 0.4) is 0 Å². The maximum absolute atomic E-state index is 12.0. The average molecular weight is 272 g/mol. The molecule has 0 unspecified atom stereocenters. The third-order valence-electron chi connectivity index (χ3n) is 4.66. The Balaban J connectivity index is 2.42. The van der Waals surface area contributed by atoms with Gasteiger partial charge in [-0.1, -0.05) is 0 Å². The number of methoxy groups -OCH3 is 4. The lowest BCUT2D eigenvalue weighted by Crippen LogP contribution is -2.41. The first-order valence-electron chi connectivity index (χ1n) is 6.33. The van der Waals surface area contributed by atoms with Crippen LogP contribution in [-0.4, -0.2) is 46.2 Å². The molecule has 2 bridgehead atoms. The summed E-state index contributed by atoms with van der Waals surface area (Å²) < 4.78 is 20.8. The number of ether oxygens (including phenoxy) is 4. The summed E-state index contributed by atoms with van der Waals surface area (Å²) in [6.07, 6.45) is 1.55. The van der Waals surface area contributed by atoms with Crippen molar-refractivity contribution in [2.24, 2.45) is 23.7 Å². The summed E-state index contributed by atoms with van der Waals surface area (Å²) in [7, 11) is 5.74. The van der Waals surface area contributed by atoms with Crippen LogP contribution in [0.15, 0.2) is 0 Å². The molecule has 2 aliphatic rings. The molecule has 4 atom stereocenters. The SMILES string of the molecule is COC(=O)[C@@H]1[C@H](C(=O)OC)[C@H]2CC[C@@H]1C2(OC)OC. The minimum absolute atomic E-state index is 0.177. The number of fused-ring (bicyclic) bond motifs is 2. The van der Waals surface area contributed by atoms with Crippen LogP contribution in [0.4, 0.5) is 0 Å². The van der Waals surface area contributed by atoms with Gasteiger partial charge in [-0.15, -0.1) is 0 Å². The Hall–Kier alpha value is -1.14. The second-order valence-electron chi connectivity index (χ2n) is 5.02. The van der Waals surface area contributed by atoms with E-state index in [0.717, 1.165) is 12.8 Å². The molecule has 0 amide bonds. The van der Waals surface area contributed by atoms with Crippen LogP contribution in [0.2, 0.25) is 0 Å². The Morgan fingerprint density at radius 2 is 1.21 bits per heavy atom. The summed E-state index contributed by atoms with van der Waals surface area (Å²) in [6, 6.07) is 0. The van der Waals surface area contributed by atoms with Crippen LogP contribution >= 0.6 is 0 Å². The van der Waals surface area contributed by atoms with Crippen molar-refractivity contribution in [2.45, 2.75) is 18.6 Å². The molecule has 2 fully saturated rings. The lowest BCUT2D eigenvalue weighted by atomic mass is 9.79. The fraction of sp³-hybridized carbons (Fsp3) is 0.846. The number of esters is 2. The summed E-state index contributed by atoms with van der Waals surface area (Å²) in [5, 5.41) is 0. The number of rotatable bonds is 4. The van der Waals surface area contributed by atoms with Gasteiger partial charge in [0, 0.05) is 26.1 Å². The van der Waals surface area contributed by atoms with Gasteiger partial charge in [-0.25, -0.2) is 0 Å². The first-order chi connectivity index (χ1) is 9.07. The van der Waals surface area contributed by atoms with Crippen molar-refractivity contribution >= 4 is 11.9 Å². The number of carbonyl (C=O) groups excluding carboxylic acids is 2. The van der Waals surface area contributed by atoms with Crippen molar-refractivity contribution in [3.63, 3.8) is 0 Å². The molecule has 6 heteroatoms. The van der Waals surface area contributed by atoms with Crippen molar-refractivity contribution in [2.75, 3.05) is 28.4 Å². The molecule has 0 aromatic heterocycles. The summed E-state index contributed by atoms with van der Waals surface area (Å²) >= 11 is 0. The van der Waals surface area contributed by atoms with Gasteiger partial charge in [-0.3, -0.25) is 9.59 Å². The number of carbonyl (C=O) groups is 2. The summed E-state index contributed by atoms with van der Waals surface area (Å²) in [4.78, 5) is 24.0. The topological polar surface area (TPSA) is 71.1 Å². The summed E-state index contributed by atoms with van der Waals surface area (Å²) in [5.41, 5.74) is 0. The zero-order valence-electron chi connectivity index (χ0n) is 11.7. The van der Waals surface area contributed by atoms with E-state index in [1.54, 1.807) is 14.2 Å². The molecule has 0 N–H and O–H groups in total. The van der Waals surface area contributed by atoms with Gasteiger partial charge in [0.1, 0.15) is 0 Å². The van der Waals surface area contributed by atoms with E-state index in [1.165, 1.54) is 14.2 Å². The monoisotopic (exact) mass is 272 g/mol. The molecule has 6 nitrogen and oxygen atoms in total. The third-order valence-corrected chi connectivity index (χ3v) is 4.66. The molecular formula is C13H20O6. The molecule has 0 saturated heterocycles. The average Bonchev–Trinajstić information content (AvgIpc) is 2.95. The standard InChI is InChI=1S/C13H20O6/c1-16-11(14)9-7-5-6-8(10(9)12(15)17-2)13(7,18-3)19-4/h7-10H,5-6H2,1-4H3/t7-,8+,9-,10+. The first-order valence-corrected chi connectivity index (χ1v) is 6.33. The fourth-order valence-electron chi connectivity index (χ4n) is 3.98. The maximum Gasteiger partial charge on any atom is 0.310 e. The van der Waals surface area contributed by atoms with E-state index in [-0.39, 0.29) is 11.8 Å². The molecule has 0 aromatic rings. The second-order valence-corrected chi connectivity index (χ2v) is 5.02. The van der Waals surface area contributed by atoms with Crippen LogP contribution in [0.25, 0.3) is 0 Å².